The molecule has 32 heavy (non-hydrogen) atoms. The van der Waals surface area contributed by atoms with Crippen molar-refractivity contribution in [1.82, 2.24) is 9.97 Å². The number of nitrogens with one attached hydrogen (secondary N) is 3. The number of ether oxygens (including phenoxy) is 1. The van der Waals surface area contributed by atoms with Crippen LogP contribution in [-0.2, 0) is 0 Å². The highest BCUT2D eigenvalue weighted by Crippen LogP contribution is 2.37. The molecule has 4 rings (SSSR count). The van der Waals surface area contributed by atoms with Crippen molar-refractivity contribution < 1.29 is 22.7 Å². The molecule has 0 atom stereocenters. The highest BCUT2D eigenvalue weighted by Gasteiger charge is 2.32. The number of rotatable bonds is 5. The van der Waals surface area contributed by atoms with Crippen molar-refractivity contribution in [3.05, 3.63) is 75.7 Å². The van der Waals surface area contributed by atoms with Gasteiger partial charge in [-0.2, -0.15) is 0 Å². The van der Waals surface area contributed by atoms with E-state index >= 15 is 0 Å². The number of aromatic amines is 1. The van der Waals surface area contributed by atoms with Gasteiger partial charge in [0.25, 0.3) is 5.91 Å². The number of imidazole rings is 1. The van der Waals surface area contributed by atoms with E-state index in [1.165, 1.54) is 12.1 Å². The van der Waals surface area contributed by atoms with Crippen LogP contribution in [0.3, 0.4) is 0 Å². The first-order chi connectivity index (χ1) is 15.2. The lowest BCUT2D eigenvalue weighted by atomic mass is 10.2. The molecule has 0 aliphatic heterocycles. The minimum atomic E-state index is -4.88. The van der Waals surface area contributed by atoms with Crippen molar-refractivity contribution in [2.45, 2.75) is 6.36 Å². The predicted molar refractivity (Wildman–Crippen MR) is 120 cm³/mol. The van der Waals surface area contributed by atoms with E-state index in [0.29, 0.717) is 22.3 Å². The third-order valence-corrected chi connectivity index (χ3v) is 5.14. The standard InChI is InChI=1S/C21H13BrClF3N4O2/c22-12-5-7-13(8-6-12)27-19(31)11-4-9-15-16(10-11)29-20(28-15)30-18-14(23)2-1-3-17(18)32-21(24,25)26/h1-10H,(H,27,31)(H2,28,29,30). The number of H-pyrrole nitrogens is 1. The Balaban J connectivity index is 1.58. The topological polar surface area (TPSA) is 79.0 Å². The molecule has 3 aromatic carbocycles. The molecular formula is C21H13BrClF3N4O2. The molecule has 1 aromatic heterocycles. The molecule has 0 radical (unpaired) electrons. The van der Waals surface area contributed by atoms with Crippen LogP contribution in [0.5, 0.6) is 5.75 Å². The van der Waals surface area contributed by atoms with Crippen molar-refractivity contribution in [3.8, 4) is 5.75 Å². The molecule has 0 saturated heterocycles. The van der Waals surface area contributed by atoms with Gasteiger partial charge in [-0.15, -0.1) is 13.2 Å². The molecule has 0 fully saturated rings. The monoisotopic (exact) mass is 524 g/mol. The molecule has 11 heteroatoms. The smallest absolute Gasteiger partial charge is 0.404 e. The summed E-state index contributed by atoms with van der Waals surface area (Å²) in [7, 11) is 0. The van der Waals surface area contributed by atoms with Crippen LogP contribution in [0.1, 0.15) is 10.4 Å². The summed E-state index contributed by atoms with van der Waals surface area (Å²) in [5, 5.41) is 5.51. The van der Waals surface area contributed by atoms with Crippen LogP contribution >= 0.6 is 27.5 Å². The molecule has 164 valence electrons. The molecular weight excluding hydrogens is 513 g/mol. The maximum absolute atomic E-state index is 12.7. The largest absolute Gasteiger partial charge is 0.573 e. The number of hydrogen-bond donors (Lipinski definition) is 3. The lowest BCUT2D eigenvalue weighted by molar-refractivity contribution is -0.274. The van der Waals surface area contributed by atoms with Gasteiger partial charge >= 0.3 is 6.36 Å². The van der Waals surface area contributed by atoms with Crippen molar-refractivity contribution in [2.24, 2.45) is 0 Å². The van der Waals surface area contributed by atoms with Crippen LogP contribution in [-0.4, -0.2) is 22.2 Å². The van der Waals surface area contributed by atoms with Gasteiger partial charge in [-0.05, 0) is 54.6 Å². The van der Waals surface area contributed by atoms with Gasteiger partial charge in [0.2, 0.25) is 5.95 Å². The molecule has 0 saturated carbocycles. The first-order valence-electron chi connectivity index (χ1n) is 9.06. The Morgan fingerprint density at radius 2 is 1.84 bits per heavy atom. The summed E-state index contributed by atoms with van der Waals surface area (Å²) in [5.74, 6) is -0.704. The maximum atomic E-state index is 12.7. The zero-order valence-corrected chi connectivity index (χ0v) is 18.3. The van der Waals surface area contributed by atoms with Gasteiger partial charge in [0.05, 0.1) is 16.1 Å². The summed E-state index contributed by atoms with van der Waals surface area (Å²) in [4.78, 5) is 19.8. The second kappa shape index (κ2) is 8.71. The number of amides is 1. The third kappa shape index (κ3) is 5.14. The number of anilines is 3. The van der Waals surface area contributed by atoms with E-state index < -0.39 is 12.1 Å². The first-order valence-corrected chi connectivity index (χ1v) is 10.2. The Morgan fingerprint density at radius 1 is 1.09 bits per heavy atom. The lowest BCUT2D eigenvalue weighted by Gasteiger charge is -2.14. The van der Waals surface area contributed by atoms with E-state index in [2.05, 4.69) is 41.3 Å². The maximum Gasteiger partial charge on any atom is 0.573 e. The van der Waals surface area contributed by atoms with E-state index in [4.69, 9.17) is 11.6 Å². The average Bonchev–Trinajstić information content (AvgIpc) is 3.13. The second-order valence-corrected chi connectivity index (χ2v) is 7.89. The number of aromatic nitrogens is 2. The fourth-order valence-electron chi connectivity index (χ4n) is 2.90. The van der Waals surface area contributed by atoms with E-state index in [0.717, 1.165) is 10.5 Å². The van der Waals surface area contributed by atoms with Crippen LogP contribution < -0.4 is 15.4 Å². The van der Waals surface area contributed by atoms with Gasteiger partial charge in [-0.1, -0.05) is 33.6 Å². The number of halogens is 5. The van der Waals surface area contributed by atoms with Crippen molar-refractivity contribution >= 4 is 61.8 Å². The highest BCUT2D eigenvalue weighted by molar-refractivity contribution is 9.10. The number of carbonyl (C=O) groups is 1. The van der Waals surface area contributed by atoms with Gasteiger partial charge in [-0.25, -0.2) is 4.98 Å². The molecule has 0 bridgehead atoms. The second-order valence-electron chi connectivity index (χ2n) is 6.56. The van der Waals surface area contributed by atoms with Crippen molar-refractivity contribution in [3.63, 3.8) is 0 Å². The minimum absolute atomic E-state index is 0.0155. The Kier molecular flexibility index (Phi) is 5.98. The summed E-state index contributed by atoms with van der Waals surface area (Å²) in [6.45, 7) is 0. The zero-order valence-electron chi connectivity index (χ0n) is 15.9. The Labute approximate surface area is 192 Å². The third-order valence-electron chi connectivity index (χ3n) is 4.29. The number of hydrogen-bond acceptors (Lipinski definition) is 4. The molecule has 1 amide bonds. The fraction of sp³-hybridized carbons (Fsp3) is 0.0476. The summed E-state index contributed by atoms with van der Waals surface area (Å²) in [6, 6.07) is 15.8. The summed E-state index contributed by atoms with van der Waals surface area (Å²) >= 11 is 9.38. The number of para-hydroxylation sites is 1. The fourth-order valence-corrected chi connectivity index (χ4v) is 3.37. The van der Waals surface area contributed by atoms with Gasteiger partial charge in [-0.3, -0.25) is 4.79 Å². The van der Waals surface area contributed by atoms with Crippen LogP contribution in [0, 0.1) is 0 Å². The summed E-state index contributed by atoms with van der Waals surface area (Å²) in [5.41, 5.74) is 1.88. The number of fused-ring (bicyclic) bond motifs is 1. The average molecular weight is 526 g/mol. The summed E-state index contributed by atoms with van der Waals surface area (Å²) in [6.07, 6.45) is -4.88. The van der Waals surface area contributed by atoms with Gasteiger partial charge < -0.3 is 20.4 Å². The molecule has 0 aliphatic carbocycles. The molecule has 0 spiro atoms. The van der Waals surface area contributed by atoms with Crippen LogP contribution in [0.4, 0.5) is 30.5 Å². The molecule has 3 N–H and O–H groups in total. The lowest BCUT2D eigenvalue weighted by Crippen LogP contribution is -2.18. The van der Waals surface area contributed by atoms with Gasteiger partial charge in [0.1, 0.15) is 5.69 Å². The Bertz CT molecular complexity index is 1290. The quantitative estimate of drug-likeness (QED) is 0.266. The molecule has 1 heterocycles. The molecule has 0 unspecified atom stereocenters. The van der Waals surface area contributed by atoms with E-state index in [-0.39, 0.29) is 22.6 Å². The summed E-state index contributed by atoms with van der Waals surface area (Å²) < 4.78 is 43.0. The normalized spacial score (nSPS) is 11.4. The van der Waals surface area contributed by atoms with E-state index in [1.807, 2.05) is 0 Å². The molecule has 4 aromatic rings. The number of nitrogens with zero attached hydrogens (tertiary/aromatic N) is 1. The first kappa shape index (κ1) is 22.0. The predicted octanol–water partition coefficient (Wildman–Crippen LogP) is 6.87. The van der Waals surface area contributed by atoms with Crippen molar-refractivity contribution in [1.29, 1.82) is 0 Å². The van der Waals surface area contributed by atoms with Crippen molar-refractivity contribution in [2.75, 3.05) is 10.6 Å². The van der Waals surface area contributed by atoms with Crippen LogP contribution in [0.25, 0.3) is 11.0 Å². The Morgan fingerprint density at radius 3 is 2.56 bits per heavy atom. The molecule has 6 nitrogen and oxygen atoms in total. The van der Waals surface area contributed by atoms with E-state index in [1.54, 1.807) is 42.5 Å². The Hall–Kier alpha value is -3.24. The van der Waals surface area contributed by atoms with E-state index in [9.17, 15) is 18.0 Å². The molecule has 0 aliphatic rings. The number of alkyl halides is 3. The van der Waals surface area contributed by atoms with Crippen LogP contribution in [0.15, 0.2) is 65.1 Å². The SMILES string of the molecule is O=C(Nc1ccc(Br)cc1)c1ccc2[nH]c(Nc3c(Cl)cccc3OC(F)(F)F)nc2c1. The highest BCUT2D eigenvalue weighted by atomic mass is 79.9. The van der Waals surface area contributed by atoms with Gasteiger partial charge in [0.15, 0.2) is 5.75 Å². The minimum Gasteiger partial charge on any atom is -0.404 e. The zero-order chi connectivity index (χ0) is 22.9. The van der Waals surface area contributed by atoms with Gasteiger partial charge in [0, 0.05) is 15.7 Å². The van der Waals surface area contributed by atoms with Crippen LogP contribution in [0.2, 0.25) is 5.02 Å². The number of carbonyl (C=O) groups excluding carboxylic acids is 1. The number of benzene rings is 3.